The van der Waals surface area contributed by atoms with Gasteiger partial charge in [0.05, 0.1) is 6.04 Å². The van der Waals surface area contributed by atoms with Crippen molar-refractivity contribution in [3.63, 3.8) is 0 Å². The van der Waals surface area contributed by atoms with Gasteiger partial charge in [-0.3, -0.25) is 4.90 Å². The Kier molecular flexibility index (Phi) is 3.68. The molecule has 1 aromatic heterocycles. The van der Waals surface area contributed by atoms with Gasteiger partial charge >= 0.3 is 6.09 Å². The quantitative estimate of drug-likeness (QED) is 0.846. The van der Waals surface area contributed by atoms with Crippen LogP contribution in [0.4, 0.5) is 10.7 Å². The minimum atomic E-state index is -0.498. The number of ether oxygens (including phenoxy) is 1. The van der Waals surface area contributed by atoms with E-state index >= 15 is 0 Å². The maximum absolute atomic E-state index is 12.2. The molecule has 0 spiro atoms. The van der Waals surface area contributed by atoms with Crippen molar-refractivity contribution in [2.24, 2.45) is 0 Å². The Morgan fingerprint density at radius 3 is 2.84 bits per heavy atom. The number of rotatable bonds is 1. The van der Waals surface area contributed by atoms with Gasteiger partial charge in [0, 0.05) is 12.6 Å². The summed E-state index contributed by atoms with van der Waals surface area (Å²) >= 11 is 0. The molecule has 1 aliphatic heterocycles. The molecule has 1 saturated heterocycles. The summed E-state index contributed by atoms with van der Waals surface area (Å²) in [5.74, 6) is 0.268. The van der Waals surface area contributed by atoms with Crippen LogP contribution in [-0.2, 0) is 4.74 Å². The first kappa shape index (κ1) is 13.7. The topological polar surface area (TPSA) is 81.6 Å². The molecule has 6 heteroatoms. The highest BCUT2D eigenvalue weighted by molar-refractivity contribution is 5.69. The average Bonchev–Trinajstić information content (AvgIpc) is 2.73. The third-order valence-corrected chi connectivity index (χ3v) is 3.02. The molecule has 1 atom stereocenters. The van der Waals surface area contributed by atoms with E-state index in [4.69, 9.17) is 15.0 Å². The molecule has 0 saturated carbocycles. The fraction of sp³-hybridized carbons (Fsp3) is 0.692. The standard InChI is InChI=1S/C13H21N3O3/c1-13(2,3)18-12(17)16-7-5-4-6-10(16)9-8-11(14)19-15-9/h8,10H,4-7,14H2,1-3H3/t10-/m0/s1. The average molecular weight is 267 g/mol. The number of hydrogen-bond donors (Lipinski definition) is 1. The lowest BCUT2D eigenvalue weighted by Gasteiger charge is -2.35. The Morgan fingerprint density at radius 1 is 1.53 bits per heavy atom. The molecule has 1 aliphatic rings. The monoisotopic (exact) mass is 267 g/mol. The number of carbonyl (C=O) groups excluding carboxylic acids is 1. The van der Waals surface area contributed by atoms with E-state index < -0.39 is 5.60 Å². The largest absolute Gasteiger partial charge is 0.444 e. The second-order valence-electron chi connectivity index (χ2n) is 5.84. The lowest BCUT2D eigenvalue weighted by Crippen LogP contribution is -2.42. The van der Waals surface area contributed by atoms with E-state index in [2.05, 4.69) is 5.16 Å². The van der Waals surface area contributed by atoms with Crippen molar-refractivity contribution in [1.82, 2.24) is 10.1 Å². The van der Waals surface area contributed by atoms with E-state index in [-0.39, 0.29) is 18.0 Å². The minimum Gasteiger partial charge on any atom is -0.444 e. The van der Waals surface area contributed by atoms with Crippen LogP contribution < -0.4 is 5.73 Å². The Balaban J connectivity index is 2.14. The van der Waals surface area contributed by atoms with Gasteiger partial charge in [-0.05, 0) is 40.0 Å². The summed E-state index contributed by atoms with van der Waals surface area (Å²) in [7, 11) is 0. The predicted octanol–water partition coefficient (Wildman–Crippen LogP) is 2.72. The van der Waals surface area contributed by atoms with Crippen molar-refractivity contribution < 1.29 is 14.1 Å². The number of carbonyl (C=O) groups is 1. The number of nitrogens with two attached hydrogens (primary N) is 1. The molecule has 2 rings (SSSR count). The number of amides is 1. The van der Waals surface area contributed by atoms with Crippen LogP contribution in [0.3, 0.4) is 0 Å². The van der Waals surface area contributed by atoms with Gasteiger partial charge in [0.2, 0.25) is 5.88 Å². The zero-order valence-electron chi connectivity index (χ0n) is 11.7. The van der Waals surface area contributed by atoms with Crippen molar-refractivity contribution in [2.45, 2.75) is 51.7 Å². The van der Waals surface area contributed by atoms with E-state index in [1.54, 1.807) is 11.0 Å². The van der Waals surface area contributed by atoms with E-state index in [0.717, 1.165) is 19.3 Å². The number of hydrogen-bond acceptors (Lipinski definition) is 5. The van der Waals surface area contributed by atoms with Crippen molar-refractivity contribution in [1.29, 1.82) is 0 Å². The van der Waals surface area contributed by atoms with Gasteiger partial charge in [0.25, 0.3) is 0 Å². The molecule has 0 aliphatic carbocycles. The van der Waals surface area contributed by atoms with Gasteiger partial charge in [-0.2, -0.15) is 0 Å². The molecular formula is C13H21N3O3. The Labute approximate surface area is 112 Å². The Hall–Kier alpha value is -1.72. The zero-order chi connectivity index (χ0) is 14.0. The minimum absolute atomic E-state index is 0.107. The van der Waals surface area contributed by atoms with Crippen LogP contribution in [0.2, 0.25) is 0 Å². The maximum atomic E-state index is 12.2. The third-order valence-electron chi connectivity index (χ3n) is 3.02. The van der Waals surface area contributed by atoms with Gasteiger partial charge in [-0.1, -0.05) is 5.16 Å². The number of piperidine rings is 1. The van der Waals surface area contributed by atoms with Crippen LogP contribution in [0.15, 0.2) is 10.6 Å². The van der Waals surface area contributed by atoms with Crippen molar-refractivity contribution in [3.05, 3.63) is 11.8 Å². The molecule has 1 fully saturated rings. The van der Waals surface area contributed by atoms with Crippen LogP contribution in [-0.4, -0.2) is 28.3 Å². The van der Waals surface area contributed by atoms with Gasteiger partial charge in [-0.25, -0.2) is 4.79 Å². The van der Waals surface area contributed by atoms with E-state index in [9.17, 15) is 4.79 Å². The van der Waals surface area contributed by atoms with Crippen LogP contribution >= 0.6 is 0 Å². The molecule has 0 aromatic carbocycles. The highest BCUT2D eigenvalue weighted by Crippen LogP contribution is 2.32. The molecule has 106 valence electrons. The summed E-state index contributed by atoms with van der Waals surface area (Å²) in [4.78, 5) is 13.9. The molecule has 2 N–H and O–H groups in total. The summed E-state index contributed by atoms with van der Waals surface area (Å²) in [5, 5.41) is 3.92. The second kappa shape index (κ2) is 5.11. The smallest absolute Gasteiger partial charge is 0.410 e. The van der Waals surface area contributed by atoms with Crippen LogP contribution in [0.1, 0.15) is 51.8 Å². The highest BCUT2D eigenvalue weighted by atomic mass is 16.6. The molecule has 0 bridgehead atoms. The zero-order valence-corrected chi connectivity index (χ0v) is 11.7. The van der Waals surface area contributed by atoms with Crippen LogP contribution in [0.5, 0.6) is 0 Å². The summed E-state index contributed by atoms with van der Waals surface area (Å²) in [6.45, 7) is 6.25. The lowest BCUT2D eigenvalue weighted by molar-refractivity contribution is 0.00870. The first-order chi connectivity index (χ1) is 8.87. The first-order valence-electron chi connectivity index (χ1n) is 6.58. The molecule has 6 nitrogen and oxygen atoms in total. The van der Waals surface area contributed by atoms with Crippen molar-refractivity contribution >= 4 is 12.0 Å². The third kappa shape index (κ3) is 3.39. The highest BCUT2D eigenvalue weighted by Gasteiger charge is 2.33. The predicted molar refractivity (Wildman–Crippen MR) is 70.4 cm³/mol. The molecule has 2 heterocycles. The fourth-order valence-corrected chi connectivity index (χ4v) is 2.24. The molecule has 1 amide bonds. The number of aromatic nitrogens is 1. The van der Waals surface area contributed by atoms with E-state index in [1.807, 2.05) is 20.8 Å². The fourth-order valence-electron chi connectivity index (χ4n) is 2.24. The van der Waals surface area contributed by atoms with Crippen LogP contribution in [0, 0.1) is 0 Å². The number of nitrogens with zero attached hydrogens (tertiary/aromatic N) is 2. The summed E-state index contributed by atoms with van der Waals surface area (Å²) < 4.78 is 10.3. The van der Waals surface area contributed by atoms with Crippen LogP contribution in [0.25, 0.3) is 0 Å². The lowest BCUT2D eigenvalue weighted by atomic mass is 10.00. The molecule has 0 unspecified atom stereocenters. The molecule has 0 radical (unpaired) electrons. The first-order valence-corrected chi connectivity index (χ1v) is 6.58. The number of anilines is 1. The van der Waals surface area contributed by atoms with Crippen molar-refractivity contribution in [3.8, 4) is 0 Å². The van der Waals surface area contributed by atoms with Gasteiger partial charge in [0.15, 0.2) is 0 Å². The Bertz CT molecular complexity index is 450. The van der Waals surface area contributed by atoms with Gasteiger partial charge in [0.1, 0.15) is 11.3 Å². The molecule has 19 heavy (non-hydrogen) atoms. The summed E-state index contributed by atoms with van der Waals surface area (Å²) in [5.41, 5.74) is 5.74. The number of nitrogen functional groups attached to an aromatic ring is 1. The van der Waals surface area contributed by atoms with E-state index in [0.29, 0.717) is 12.2 Å². The normalized spacial score (nSPS) is 20.4. The maximum Gasteiger partial charge on any atom is 0.410 e. The van der Waals surface area contributed by atoms with Gasteiger partial charge in [-0.15, -0.1) is 0 Å². The molecular weight excluding hydrogens is 246 g/mol. The van der Waals surface area contributed by atoms with Gasteiger partial charge < -0.3 is 15.0 Å². The SMILES string of the molecule is CC(C)(C)OC(=O)N1CCCC[C@H]1c1cc(N)on1. The second-order valence-corrected chi connectivity index (χ2v) is 5.84. The summed E-state index contributed by atoms with van der Waals surface area (Å²) in [6, 6.07) is 1.57. The van der Waals surface area contributed by atoms with Crippen molar-refractivity contribution in [2.75, 3.05) is 12.3 Å². The van der Waals surface area contributed by atoms with E-state index in [1.165, 1.54) is 0 Å². The molecule has 1 aromatic rings. The number of likely N-dealkylation sites (tertiary alicyclic amines) is 1. The summed E-state index contributed by atoms with van der Waals surface area (Å²) in [6.07, 6.45) is 2.57. The Morgan fingerprint density at radius 2 is 2.26 bits per heavy atom.